The highest BCUT2D eigenvalue weighted by atomic mass is 35.5. The maximum absolute atomic E-state index is 12.7. The molecule has 1 atom stereocenters. The minimum atomic E-state index is -0.540. The van der Waals surface area contributed by atoms with Gasteiger partial charge in [0.2, 0.25) is 5.76 Å². The smallest absolute Gasteiger partial charge is 0.343 e. The van der Waals surface area contributed by atoms with Gasteiger partial charge in [-0.1, -0.05) is 49.2 Å². The number of unbranched alkanes of at least 4 members (excludes halogenated alkanes) is 1. The summed E-state index contributed by atoms with van der Waals surface area (Å²) in [6.45, 7) is 2.68. The van der Waals surface area contributed by atoms with Crippen LogP contribution in [-0.4, -0.2) is 29.4 Å². The number of esters is 1. The highest BCUT2D eigenvalue weighted by molar-refractivity contribution is 6.31. The van der Waals surface area contributed by atoms with E-state index >= 15 is 0 Å². The van der Waals surface area contributed by atoms with Crippen molar-refractivity contribution in [2.45, 2.75) is 25.8 Å². The number of allylic oxidation sites excluding steroid dienone is 2. The predicted octanol–water partition coefficient (Wildman–Crippen LogP) is 3.80. The van der Waals surface area contributed by atoms with Crippen molar-refractivity contribution in [2.24, 2.45) is 0 Å². The molecule has 0 radical (unpaired) electrons. The lowest BCUT2D eigenvalue weighted by atomic mass is 10.0. The quantitative estimate of drug-likeness (QED) is 0.764. The van der Waals surface area contributed by atoms with Crippen LogP contribution >= 0.6 is 11.6 Å². The van der Waals surface area contributed by atoms with E-state index in [0.29, 0.717) is 22.7 Å². The third-order valence-electron chi connectivity index (χ3n) is 4.06. The van der Waals surface area contributed by atoms with Crippen molar-refractivity contribution >= 4 is 23.5 Å². The third kappa shape index (κ3) is 3.15. The monoisotopic (exact) mass is 343 g/mol. The fourth-order valence-corrected chi connectivity index (χ4v) is 3.01. The molecule has 0 saturated heterocycles. The molecule has 0 spiro atoms. The van der Waals surface area contributed by atoms with Crippen LogP contribution in [0.3, 0.4) is 0 Å². The molecule has 1 aromatic rings. The lowest BCUT2D eigenvalue weighted by Crippen LogP contribution is -2.36. The largest absolute Gasteiger partial charge is 0.417 e. The molecule has 5 heteroatoms. The number of ether oxygens (including phenoxy) is 1. The van der Waals surface area contributed by atoms with Crippen LogP contribution in [0.25, 0.3) is 0 Å². The Morgan fingerprint density at radius 1 is 1.29 bits per heavy atom. The van der Waals surface area contributed by atoms with E-state index in [2.05, 4.69) is 6.92 Å². The summed E-state index contributed by atoms with van der Waals surface area (Å²) in [6, 6.07) is 8.41. The Morgan fingerprint density at radius 3 is 2.75 bits per heavy atom. The second-order valence-corrected chi connectivity index (χ2v) is 6.16. The summed E-state index contributed by atoms with van der Waals surface area (Å²) in [6.07, 6.45) is 7.20. The molecule has 0 N–H and O–H groups in total. The first-order chi connectivity index (χ1) is 11.6. The molecule has 1 amide bonds. The molecule has 0 fully saturated rings. The summed E-state index contributed by atoms with van der Waals surface area (Å²) in [7, 11) is 0. The molecule has 0 saturated carbocycles. The zero-order chi connectivity index (χ0) is 17.1. The van der Waals surface area contributed by atoms with Crippen LogP contribution in [0.2, 0.25) is 0 Å². The normalized spacial score (nSPS) is 19.4. The second kappa shape index (κ2) is 7.05. The fraction of sp³-hybridized carbons (Fsp3) is 0.263. The molecule has 3 rings (SSSR count). The van der Waals surface area contributed by atoms with Crippen LogP contribution in [0.4, 0.5) is 0 Å². The Kier molecular flexibility index (Phi) is 4.86. The summed E-state index contributed by atoms with van der Waals surface area (Å²) in [4.78, 5) is 26.8. The van der Waals surface area contributed by atoms with E-state index in [1.165, 1.54) is 0 Å². The van der Waals surface area contributed by atoms with Gasteiger partial charge in [-0.2, -0.15) is 0 Å². The molecule has 1 unspecified atom stereocenters. The maximum atomic E-state index is 12.7. The van der Waals surface area contributed by atoms with Crippen LogP contribution < -0.4 is 0 Å². The maximum Gasteiger partial charge on any atom is 0.343 e. The molecule has 1 aliphatic heterocycles. The highest BCUT2D eigenvalue weighted by Gasteiger charge is 2.40. The molecule has 24 heavy (non-hydrogen) atoms. The van der Waals surface area contributed by atoms with Crippen molar-refractivity contribution < 1.29 is 14.3 Å². The van der Waals surface area contributed by atoms with Crippen molar-refractivity contribution in [3.05, 3.63) is 70.5 Å². The van der Waals surface area contributed by atoms with Crippen molar-refractivity contribution in [2.75, 3.05) is 6.54 Å². The van der Waals surface area contributed by atoms with Gasteiger partial charge in [-0.15, -0.1) is 0 Å². The van der Waals surface area contributed by atoms with E-state index in [0.717, 1.165) is 12.8 Å². The second-order valence-electron chi connectivity index (χ2n) is 5.73. The van der Waals surface area contributed by atoms with Crippen LogP contribution in [0.1, 0.15) is 30.1 Å². The van der Waals surface area contributed by atoms with Gasteiger partial charge in [0.15, 0.2) is 0 Å². The van der Waals surface area contributed by atoms with E-state index in [-0.39, 0.29) is 17.7 Å². The molecular weight excluding hydrogens is 326 g/mol. The molecule has 1 heterocycles. The van der Waals surface area contributed by atoms with Gasteiger partial charge >= 0.3 is 5.97 Å². The van der Waals surface area contributed by atoms with E-state index in [1.807, 2.05) is 12.1 Å². The minimum Gasteiger partial charge on any atom is -0.417 e. The van der Waals surface area contributed by atoms with Crippen molar-refractivity contribution in [1.82, 2.24) is 4.90 Å². The topological polar surface area (TPSA) is 46.6 Å². The summed E-state index contributed by atoms with van der Waals surface area (Å²) in [5.41, 5.74) is 1.05. The average Bonchev–Trinajstić information content (AvgIpc) is 2.85. The zero-order valence-electron chi connectivity index (χ0n) is 13.4. The molecule has 1 aromatic carbocycles. The van der Waals surface area contributed by atoms with Gasteiger partial charge in [0, 0.05) is 17.2 Å². The molecule has 1 aliphatic carbocycles. The molecule has 4 nitrogen and oxygen atoms in total. The van der Waals surface area contributed by atoms with Gasteiger partial charge in [-0.25, -0.2) is 4.79 Å². The third-order valence-corrected chi connectivity index (χ3v) is 4.29. The fourth-order valence-electron chi connectivity index (χ4n) is 2.82. The van der Waals surface area contributed by atoms with E-state index in [4.69, 9.17) is 16.3 Å². The van der Waals surface area contributed by atoms with Gasteiger partial charge in [-0.05, 0) is 30.7 Å². The van der Waals surface area contributed by atoms with Crippen LogP contribution in [0.5, 0.6) is 0 Å². The first kappa shape index (κ1) is 16.5. The first-order valence-electron chi connectivity index (χ1n) is 7.99. The van der Waals surface area contributed by atoms with E-state index < -0.39 is 5.97 Å². The zero-order valence-corrected chi connectivity index (χ0v) is 14.1. The van der Waals surface area contributed by atoms with Gasteiger partial charge < -0.3 is 9.64 Å². The van der Waals surface area contributed by atoms with Crippen LogP contribution in [0, 0.1) is 0 Å². The number of benzene rings is 1. The van der Waals surface area contributed by atoms with E-state index in [1.54, 1.807) is 41.3 Å². The Morgan fingerprint density at radius 2 is 2.04 bits per heavy atom. The number of carbonyl (C=O) groups is 2. The lowest BCUT2D eigenvalue weighted by Gasteiger charge is -2.24. The number of halogens is 1. The van der Waals surface area contributed by atoms with Crippen LogP contribution in [0.15, 0.2) is 64.9 Å². The van der Waals surface area contributed by atoms with Crippen molar-refractivity contribution in [3.63, 3.8) is 0 Å². The number of nitrogens with zero attached hydrogens (tertiary/aromatic N) is 1. The summed E-state index contributed by atoms with van der Waals surface area (Å²) >= 11 is 6.07. The molecule has 124 valence electrons. The van der Waals surface area contributed by atoms with Crippen molar-refractivity contribution in [1.29, 1.82) is 0 Å². The summed E-state index contributed by atoms with van der Waals surface area (Å²) in [5.74, 6) is -0.728. The number of hydrogen-bond donors (Lipinski definition) is 0. The predicted molar refractivity (Wildman–Crippen MR) is 92.4 cm³/mol. The summed E-state index contributed by atoms with van der Waals surface area (Å²) in [5, 5.41) is 0.514. The Hall–Kier alpha value is -2.33. The number of fused-ring (bicyclic) bond motifs is 1. The van der Waals surface area contributed by atoms with E-state index in [9.17, 15) is 9.59 Å². The van der Waals surface area contributed by atoms with Gasteiger partial charge in [0.05, 0.1) is 11.6 Å². The first-order valence-corrected chi connectivity index (χ1v) is 8.37. The van der Waals surface area contributed by atoms with Gasteiger partial charge in [0.1, 0.15) is 0 Å². The average molecular weight is 344 g/mol. The minimum absolute atomic E-state index is 0.0763. The number of carbonyl (C=O) groups excluding carboxylic acids is 2. The lowest BCUT2D eigenvalue weighted by molar-refractivity contribution is -0.129. The summed E-state index contributed by atoms with van der Waals surface area (Å²) < 4.78 is 5.45. The van der Waals surface area contributed by atoms with Crippen LogP contribution in [-0.2, 0) is 9.53 Å². The Labute approximate surface area is 146 Å². The molecular formula is C19H18ClNO3. The number of rotatable bonds is 5. The Balaban J connectivity index is 1.89. The Bertz CT molecular complexity index is 749. The van der Waals surface area contributed by atoms with Gasteiger partial charge in [0.25, 0.3) is 5.91 Å². The molecule has 0 aromatic heterocycles. The molecule has 2 aliphatic rings. The number of hydrogen-bond acceptors (Lipinski definition) is 3. The molecule has 0 bridgehead atoms. The SMILES string of the molecule is CCCCN1C(=O)C(OC(=O)c2ccccc2)=C2C=C(Cl)C=CC21. The van der Waals surface area contributed by atoms with Gasteiger partial charge in [-0.3, -0.25) is 4.79 Å². The standard InChI is InChI=1S/C19H18ClNO3/c1-2-3-11-21-16-10-9-14(20)12-15(16)17(18(21)22)24-19(23)13-7-5-4-6-8-13/h4-10,12,16H,2-3,11H2,1H3. The van der Waals surface area contributed by atoms with Crippen molar-refractivity contribution in [3.8, 4) is 0 Å². The highest BCUT2D eigenvalue weighted by Crippen LogP contribution is 2.34. The number of amides is 1.